The summed E-state index contributed by atoms with van der Waals surface area (Å²) < 4.78 is 0. The van der Waals surface area contributed by atoms with Crippen LogP contribution in [0.15, 0.2) is 6.07 Å². The molecule has 1 aliphatic rings. The molecular formula is C12H22N6. The van der Waals surface area contributed by atoms with E-state index >= 15 is 0 Å². The highest BCUT2D eigenvalue weighted by molar-refractivity contribution is 5.49. The Morgan fingerprint density at radius 3 is 2.56 bits per heavy atom. The molecule has 6 nitrogen and oxygen atoms in total. The van der Waals surface area contributed by atoms with Crippen LogP contribution in [0.4, 0.5) is 11.6 Å². The van der Waals surface area contributed by atoms with Crippen LogP contribution >= 0.6 is 0 Å². The summed E-state index contributed by atoms with van der Waals surface area (Å²) in [5, 5.41) is 0. The van der Waals surface area contributed by atoms with Gasteiger partial charge in [0.15, 0.2) is 0 Å². The average Bonchev–Trinajstić information content (AvgIpc) is 2.38. The van der Waals surface area contributed by atoms with E-state index in [1.54, 1.807) is 0 Å². The summed E-state index contributed by atoms with van der Waals surface area (Å²) in [7, 11) is 4.29. The molecule has 0 amide bonds. The summed E-state index contributed by atoms with van der Waals surface area (Å²) in [6.07, 6.45) is 2.34. The average molecular weight is 250 g/mol. The van der Waals surface area contributed by atoms with Crippen LogP contribution in [0.25, 0.3) is 0 Å². The summed E-state index contributed by atoms with van der Waals surface area (Å²) in [5.41, 5.74) is 2.59. The Kier molecular flexibility index (Phi) is 3.98. The van der Waals surface area contributed by atoms with E-state index in [-0.39, 0.29) is 0 Å². The van der Waals surface area contributed by atoms with Gasteiger partial charge >= 0.3 is 0 Å². The summed E-state index contributed by atoms with van der Waals surface area (Å²) in [6.45, 7) is 3.95. The topological polar surface area (TPSA) is 70.3 Å². The molecule has 2 rings (SSSR count). The summed E-state index contributed by atoms with van der Waals surface area (Å²) in [4.78, 5) is 13.3. The number of aryl methyl sites for hydroxylation is 1. The summed E-state index contributed by atoms with van der Waals surface area (Å²) in [5.74, 6) is 7.80. The van der Waals surface area contributed by atoms with Gasteiger partial charge < -0.3 is 15.2 Å². The van der Waals surface area contributed by atoms with Crippen molar-refractivity contribution < 1.29 is 0 Å². The number of nitrogens with two attached hydrogens (primary N) is 1. The number of nitrogens with zero attached hydrogens (tertiary/aromatic N) is 4. The maximum atomic E-state index is 5.41. The van der Waals surface area contributed by atoms with Gasteiger partial charge in [-0.1, -0.05) is 0 Å². The standard InChI is InChI=1S/C12H22N6/c1-9-14-11(16-13)8-12(15-9)18-6-4-10(5-7-18)17(2)3/h8,10H,4-7,13H2,1-3H3,(H,14,15,16). The number of aromatic nitrogens is 2. The predicted octanol–water partition coefficient (Wildman–Crippen LogP) is 0.601. The molecule has 2 heterocycles. The zero-order chi connectivity index (χ0) is 13.1. The smallest absolute Gasteiger partial charge is 0.145 e. The highest BCUT2D eigenvalue weighted by Crippen LogP contribution is 2.21. The fourth-order valence-corrected chi connectivity index (χ4v) is 2.40. The van der Waals surface area contributed by atoms with Crippen LogP contribution in [-0.2, 0) is 0 Å². The van der Waals surface area contributed by atoms with Crippen molar-refractivity contribution in [1.82, 2.24) is 14.9 Å². The summed E-state index contributed by atoms with van der Waals surface area (Å²) >= 11 is 0. The van der Waals surface area contributed by atoms with Crippen molar-refractivity contribution in [3.63, 3.8) is 0 Å². The number of anilines is 2. The van der Waals surface area contributed by atoms with E-state index in [1.807, 2.05) is 13.0 Å². The van der Waals surface area contributed by atoms with Crippen molar-refractivity contribution in [2.24, 2.45) is 5.84 Å². The van der Waals surface area contributed by atoms with Gasteiger partial charge in [0.2, 0.25) is 0 Å². The highest BCUT2D eigenvalue weighted by atomic mass is 15.3. The Hall–Kier alpha value is -1.40. The van der Waals surface area contributed by atoms with Crippen LogP contribution in [0.3, 0.4) is 0 Å². The third-order valence-corrected chi connectivity index (χ3v) is 3.49. The maximum absolute atomic E-state index is 5.41. The Labute approximate surface area is 108 Å². The number of hydrogen-bond acceptors (Lipinski definition) is 6. The lowest BCUT2D eigenvalue weighted by atomic mass is 10.0. The molecule has 100 valence electrons. The molecule has 18 heavy (non-hydrogen) atoms. The van der Waals surface area contributed by atoms with Gasteiger partial charge in [0.25, 0.3) is 0 Å². The quantitative estimate of drug-likeness (QED) is 0.605. The number of nitrogen functional groups attached to an aromatic ring is 1. The minimum atomic E-state index is 0.673. The Morgan fingerprint density at radius 2 is 2.00 bits per heavy atom. The second-order valence-electron chi connectivity index (χ2n) is 4.98. The molecule has 0 atom stereocenters. The molecule has 1 saturated heterocycles. The normalized spacial score (nSPS) is 17.3. The van der Waals surface area contributed by atoms with Gasteiger partial charge in [0.05, 0.1) is 0 Å². The first-order valence-corrected chi connectivity index (χ1v) is 6.34. The van der Waals surface area contributed by atoms with Crippen molar-refractivity contribution in [2.45, 2.75) is 25.8 Å². The van der Waals surface area contributed by atoms with Crippen molar-refractivity contribution >= 4 is 11.6 Å². The zero-order valence-corrected chi connectivity index (χ0v) is 11.3. The lowest BCUT2D eigenvalue weighted by Crippen LogP contribution is -2.42. The largest absolute Gasteiger partial charge is 0.356 e. The molecule has 0 aromatic carbocycles. The lowest BCUT2D eigenvalue weighted by molar-refractivity contribution is 0.249. The number of rotatable bonds is 3. The Balaban J connectivity index is 2.07. The second kappa shape index (κ2) is 5.49. The molecular weight excluding hydrogens is 228 g/mol. The molecule has 6 heteroatoms. The first-order valence-electron chi connectivity index (χ1n) is 6.34. The molecule has 0 aliphatic carbocycles. The van der Waals surface area contributed by atoms with Crippen LogP contribution in [0.1, 0.15) is 18.7 Å². The van der Waals surface area contributed by atoms with Gasteiger partial charge in [-0.2, -0.15) is 0 Å². The number of hydrogen-bond donors (Lipinski definition) is 2. The number of piperidine rings is 1. The zero-order valence-electron chi connectivity index (χ0n) is 11.3. The van der Waals surface area contributed by atoms with Gasteiger partial charge in [0, 0.05) is 25.2 Å². The first-order chi connectivity index (χ1) is 8.60. The lowest BCUT2D eigenvalue weighted by Gasteiger charge is -2.35. The van der Waals surface area contributed by atoms with Crippen LogP contribution < -0.4 is 16.2 Å². The minimum Gasteiger partial charge on any atom is -0.356 e. The van der Waals surface area contributed by atoms with Gasteiger partial charge in [-0.3, -0.25) is 0 Å². The fourth-order valence-electron chi connectivity index (χ4n) is 2.40. The van der Waals surface area contributed by atoms with Crippen LogP contribution in [0, 0.1) is 6.92 Å². The molecule has 1 aromatic heterocycles. The van der Waals surface area contributed by atoms with Crippen molar-refractivity contribution in [3.05, 3.63) is 11.9 Å². The van der Waals surface area contributed by atoms with E-state index < -0.39 is 0 Å². The number of nitrogens with one attached hydrogen (secondary N) is 1. The molecule has 0 bridgehead atoms. The number of hydrazine groups is 1. The van der Waals surface area contributed by atoms with E-state index in [9.17, 15) is 0 Å². The van der Waals surface area contributed by atoms with Gasteiger partial charge in [0.1, 0.15) is 17.5 Å². The van der Waals surface area contributed by atoms with E-state index in [0.717, 1.165) is 24.7 Å². The Bertz CT molecular complexity index is 398. The molecule has 1 aliphatic heterocycles. The molecule has 1 fully saturated rings. The Morgan fingerprint density at radius 1 is 1.33 bits per heavy atom. The second-order valence-corrected chi connectivity index (χ2v) is 4.98. The van der Waals surface area contributed by atoms with E-state index in [4.69, 9.17) is 5.84 Å². The fraction of sp³-hybridized carbons (Fsp3) is 0.667. The van der Waals surface area contributed by atoms with Crippen LogP contribution in [0.2, 0.25) is 0 Å². The van der Waals surface area contributed by atoms with Gasteiger partial charge in [-0.25, -0.2) is 15.8 Å². The predicted molar refractivity (Wildman–Crippen MR) is 73.5 cm³/mol. The molecule has 0 spiro atoms. The summed E-state index contributed by atoms with van der Waals surface area (Å²) in [6, 6.07) is 2.58. The van der Waals surface area contributed by atoms with Gasteiger partial charge in [-0.15, -0.1) is 0 Å². The molecule has 0 radical (unpaired) electrons. The molecule has 1 aromatic rings. The third kappa shape index (κ3) is 2.88. The van der Waals surface area contributed by atoms with Crippen LogP contribution in [0.5, 0.6) is 0 Å². The molecule has 0 saturated carbocycles. The van der Waals surface area contributed by atoms with Gasteiger partial charge in [-0.05, 0) is 33.9 Å². The molecule has 3 N–H and O–H groups in total. The van der Waals surface area contributed by atoms with Crippen molar-refractivity contribution in [1.29, 1.82) is 0 Å². The third-order valence-electron chi connectivity index (χ3n) is 3.49. The SMILES string of the molecule is Cc1nc(NN)cc(N2CCC(N(C)C)CC2)n1. The monoisotopic (exact) mass is 250 g/mol. The van der Waals surface area contributed by atoms with Crippen LogP contribution in [-0.4, -0.2) is 48.1 Å². The van der Waals surface area contributed by atoms with E-state index in [0.29, 0.717) is 11.9 Å². The van der Waals surface area contributed by atoms with Crippen molar-refractivity contribution in [3.8, 4) is 0 Å². The molecule has 0 unspecified atom stereocenters. The first kappa shape index (κ1) is 13.0. The maximum Gasteiger partial charge on any atom is 0.145 e. The highest BCUT2D eigenvalue weighted by Gasteiger charge is 2.21. The van der Waals surface area contributed by atoms with Crippen molar-refractivity contribution in [2.75, 3.05) is 37.5 Å². The van der Waals surface area contributed by atoms with E-state index in [1.165, 1.54) is 12.8 Å². The van der Waals surface area contributed by atoms with E-state index in [2.05, 4.69) is 39.3 Å². The minimum absolute atomic E-state index is 0.673.